The molecule has 0 saturated heterocycles. The van der Waals surface area contributed by atoms with Crippen LogP contribution in [0.4, 0.5) is 0 Å². The molecule has 25 heavy (non-hydrogen) atoms. The highest BCUT2D eigenvalue weighted by Crippen LogP contribution is 2.28. The summed E-state index contributed by atoms with van der Waals surface area (Å²) in [7, 11) is 1.55. The molecule has 0 bridgehead atoms. The third-order valence-electron chi connectivity index (χ3n) is 3.06. The van der Waals surface area contributed by atoms with E-state index in [0.29, 0.717) is 18.1 Å². The van der Waals surface area contributed by atoms with Gasteiger partial charge in [0.25, 0.3) is 5.91 Å². The third-order valence-corrected chi connectivity index (χ3v) is 3.06. The number of rotatable bonds is 7. The fourth-order valence-corrected chi connectivity index (χ4v) is 1.97. The quantitative estimate of drug-likeness (QED) is 0.605. The van der Waals surface area contributed by atoms with Gasteiger partial charge in [0.15, 0.2) is 17.6 Å². The van der Waals surface area contributed by atoms with Gasteiger partial charge in [-0.3, -0.25) is 4.79 Å². The molecule has 6 nitrogen and oxygen atoms in total. The molecule has 0 saturated carbocycles. The molecule has 0 aliphatic carbocycles. The Labute approximate surface area is 149 Å². The molecular formula is C19H27NO5. The van der Waals surface area contributed by atoms with Gasteiger partial charge in [0.2, 0.25) is 0 Å². The lowest BCUT2D eigenvalue weighted by Gasteiger charge is -2.22. The summed E-state index contributed by atoms with van der Waals surface area (Å²) in [6.07, 6.45) is 2.00. The van der Waals surface area contributed by atoms with E-state index < -0.39 is 12.1 Å². The first-order valence-corrected chi connectivity index (χ1v) is 8.18. The number of methoxy groups -OCH3 is 1. The van der Waals surface area contributed by atoms with Gasteiger partial charge < -0.3 is 19.5 Å². The smallest absolute Gasteiger partial charge is 0.331 e. The Kier molecular flexibility index (Phi) is 7.48. The molecule has 138 valence electrons. The molecule has 0 radical (unpaired) electrons. The zero-order valence-electron chi connectivity index (χ0n) is 15.7. The van der Waals surface area contributed by atoms with Crippen LogP contribution < -0.4 is 14.8 Å². The van der Waals surface area contributed by atoms with Crippen LogP contribution in [-0.2, 0) is 14.3 Å². The number of carbonyl (C=O) groups is 2. The molecule has 0 heterocycles. The maximum atomic E-state index is 11.9. The minimum Gasteiger partial charge on any atom is -0.493 e. The predicted molar refractivity (Wildman–Crippen MR) is 96.6 cm³/mol. The molecule has 1 aromatic rings. The van der Waals surface area contributed by atoms with Crippen LogP contribution in [0.2, 0.25) is 0 Å². The third kappa shape index (κ3) is 7.28. The highest BCUT2D eigenvalue weighted by molar-refractivity contribution is 5.90. The lowest BCUT2D eigenvalue weighted by atomic mass is 10.1. The van der Waals surface area contributed by atoms with Crippen LogP contribution in [0.15, 0.2) is 24.3 Å². The van der Waals surface area contributed by atoms with Gasteiger partial charge in [-0.25, -0.2) is 4.79 Å². The molecule has 1 amide bonds. The zero-order chi connectivity index (χ0) is 19.0. The van der Waals surface area contributed by atoms with Gasteiger partial charge in [-0.05, 0) is 58.4 Å². The van der Waals surface area contributed by atoms with Crippen LogP contribution >= 0.6 is 0 Å². The fraction of sp³-hybridized carbons (Fsp3) is 0.474. The van der Waals surface area contributed by atoms with E-state index in [1.165, 1.54) is 13.0 Å². The molecule has 0 fully saturated rings. The van der Waals surface area contributed by atoms with Gasteiger partial charge >= 0.3 is 5.97 Å². The maximum Gasteiger partial charge on any atom is 0.331 e. The Bertz CT molecular complexity index is 631. The van der Waals surface area contributed by atoms with E-state index in [4.69, 9.17) is 14.2 Å². The molecule has 6 heteroatoms. The van der Waals surface area contributed by atoms with Gasteiger partial charge in [0.1, 0.15) is 0 Å². The second kappa shape index (κ2) is 9.11. The first kappa shape index (κ1) is 20.5. The minimum absolute atomic E-state index is 0.336. The van der Waals surface area contributed by atoms with Crippen LogP contribution in [0.3, 0.4) is 0 Å². The van der Waals surface area contributed by atoms with E-state index in [9.17, 15) is 9.59 Å². The number of carbonyl (C=O) groups excluding carboxylic acids is 2. The normalized spacial score (nSPS) is 12.6. The van der Waals surface area contributed by atoms with Crippen LogP contribution in [0.1, 0.15) is 40.2 Å². The van der Waals surface area contributed by atoms with E-state index in [0.717, 1.165) is 5.56 Å². The topological polar surface area (TPSA) is 73.9 Å². The molecule has 0 aromatic heterocycles. The maximum absolute atomic E-state index is 11.9. The largest absolute Gasteiger partial charge is 0.493 e. The average molecular weight is 349 g/mol. The van der Waals surface area contributed by atoms with Crippen molar-refractivity contribution in [2.75, 3.05) is 13.7 Å². The first-order valence-electron chi connectivity index (χ1n) is 8.18. The Morgan fingerprint density at radius 3 is 2.48 bits per heavy atom. The Morgan fingerprint density at radius 2 is 1.92 bits per heavy atom. The summed E-state index contributed by atoms with van der Waals surface area (Å²) in [5.74, 6) is 0.286. The van der Waals surface area contributed by atoms with Crippen molar-refractivity contribution >= 4 is 18.0 Å². The number of hydrogen-bond donors (Lipinski definition) is 1. The SMILES string of the molecule is CCOc1ccc(/C=C/C(=O)O[C@@H](C)C(=O)NC(C)(C)C)cc1OC. The van der Waals surface area contributed by atoms with Gasteiger partial charge in [-0.15, -0.1) is 0 Å². The molecule has 0 aliphatic rings. The fourth-order valence-electron chi connectivity index (χ4n) is 1.97. The number of hydrogen-bond acceptors (Lipinski definition) is 5. The van der Waals surface area contributed by atoms with E-state index in [1.54, 1.807) is 31.4 Å². The van der Waals surface area contributed by atoms with Crippen molar-refractivity contribution in [3.63, 3.8) is 0 Å². The van der Waals surface area contributed by atoms with Crippen LogP contribution in [0, 0.1) is 0 Å². The Balaban J connectivity index is 2.69. The second-order valence-electron chi connectivity index (χ2n) is 6.50. The minimum atomic E-state index is -0.869. The van der Waals surface area contributed by atoms with E-state index >= 15 is 0 Å². The summed E-state index contributed by atoms with van der Waals surface area (Å²) in [5, 5.41) is 2.76. The van der Waals surface area contributed by atoms with Gasteiger partial charge in [0.05, 0.1) is 13.7 Å². The monoisotopic (exact) mass is 349 g/mol. The molecule has 1 rings (SSSR count). The Morgan fingerprint density at radius 1 is 1.24 bits per heavy atom. The van der Waals surface area contributed by atoms with Gasteiger partial charge in [-0.2, -0.15) is 0 Å². The molecule has 1 aromatic carbocycles. The summed E-state index contributed by atoms with van der Waals surface area (Å²) < 4.78 is 15.8. The molecule has 0 unspecified atom stereocenters. The zero-order valence-corrected chi connectivity index (χ0v) is 15.7. The number of benzene rings is 1. The van der Waals surface area contributed by atoms with Gasteiger partial charge in [0, 0.05) is 11.6 Å². The lowest BCUT2D eigenvalue weighted by molar-refractivity contribution is -0.150. The van der Waals surface area contributed by atoms with Crippen LogP contribution in [0.5, 0.6) is 11.5 Å². The molecule has 0 spiro atoms. The number of nitrogens with one attached hydrogen (secondary N) is 1. The van der Waals surface area contributed by atoms with Crippen molar-refractivity contribution in [1.82, 2.24) is 5.32 Å². The molecule has 1 atom stereocenters. The van der Waals surface area contributed by atoms with Crippen molar-refractivity contribution in [3.05, 3.63) is 29.8 Å². The second-order valence-corrected chi connectivity index (χ2v) is 6.50. The first-order chi connectivity index (χ1) is 11.7. The molecule has 0 aliphatic heterocycles. The number of esters is 1. The van der Waals surface area contributed by atoms with Crippen molar-refractivity contribution in [2.45, 2.75) is 46.3 Å². The van der Waals surface area contributed by atoms with Crippen molar-refractivity contribution in [2.24, 2.45) is 0 Å². The van der Waals surface area contributed by atoms with Crippen molar-refractivity contribution in [3.8, 4) is 11.5 Å². The standard InChI is InChI=1S/C19H27NO5/c1-7-24-15-10-8-14(12-16(15)23-6)9-11-17(21)25-13(2)18(22)20-19(3,4)5/h8-13H,7H2,1-6H3,(H,20,22)/b11-9+/t13-/m0/s1. The summed E-state index contributed by atoms with van der Waals surface area (Å²) in [6.45, 7) is 9.54. The summed E-state index contributed by atoms with van der Waals surface area (Å²) in [4.78, 5) is 23.8. The van der Waals surface area contributed by atoms with E-state index in [2.05, 4.69) is 5.32 Å². The molecular weight excluding hydrogens is 322 g/mol. The van der Waals surface area contributed by atoms with Crippen molar-refractivity contribution in [1.29, 1.82) is 0 Å². The number of ether oxygens (including phenoxy) is 3. The predicted octanol–water partition coefficient (Wildman–Crippen LogP) is 2.95. The van der Waals surface area contributed by atoms with Crippen LogP contribution in [-0.4, -0.2) is 37.2 Å². The average Bonchev–Trinajstić information content (AvgIpc) is 2.52. The Hall–Kier alpha value is -2.50. The van der Waals surface area contributed by atoms with E-state index in [1.807, 2.05) is 27.7 Å². The highest BCUT2D eigenvalue weighted by Gasteiger charge is 2.21. The highest BCUT2D eigenvalue weighted by atomic mass is 16.5. The van der Waals surface area contributed by atoms with Gasteiger partial charge in [-0.1, -0.05) is 6.07 Å². The number of amides is 1. The summed E-state index contributed by atoms with van der Waals surface area (Å²) in [5.41, 5.74) is 0.371. The molecule has 1 N–H and O–H groups in total. The van der Waals surface area contributed by atoms with Crippen molar-refractivity contribution < 1.29 is 23.8 Å². The lowest BCUT2D eigenvalue weighted by Crippen LogP contribution is -2.46. The van der Waals surface area contributed by atoms with E-state index in [-0.39, 0.29) is 11.4 Å². The van der Waals surface area contributed by atoms with Crippen LogP contribution in [0.25, 0.3) is 6.08 Å². The summed E-state index contributed by atoms with van der Waals surface area (Å²) in [6, 6.07) is 5.32. The summed E-state index contributed by atoms with van der Waals surface area (Å²) >= 11 is 0.